The van der Waals surface area contributed by atoms with Crippen molar-refractivity contribution in [2.75, 3.05) is 13.2 Å². The Balaban J connectivity index is 1.82. The van der Waals surface area contributed by atoms with E-state index in [1.807, 2.05) is 37.3 Å². The number of ether oxygens (including phenoxy) is 2. The molecular weight excluding hydrogens is 306 g/mol. The molecule has 126 valence electrons. The lowest BCUT2D eigenvalue weighted by Crippen LogP contribution is -2.31. The van der Waals surface area contributed by atoms with E-state index >= 15 is 0 Å². The van der Waals surface area contributed by atoms with Crippen LogP contribution in [-0.4, -0.2) is 25.1 Å². The van der Waals surface area contributed by atoms with Crippen LogP contribution < -0.4 is 10.1 Å². The molecule has 0 aliphatic rings. The fraction of sp³-hybridized carbons (Fsp3) is 0.263. The molecule has 0 saturated carbocycles. The van der Waals surface area contributed by atoms with Crippen molar-refractivity contribution in [1.82, 2.24) is 5.32 Å². The highest BCUT2D eigenvalue weighted by Gasteiger charge is 2.10. The lowest BCUT2D eigenvalue weighted by molar-refractivity contribution is -0.123. The predicted octanol–water partition coefficient (Wildman–Crippen LogP) is 3.12. The van der Waals surface area contributed by atoms with Gasteiger partial charge in [0.2, 0.25) is 0 Å². The quantitative estimate of drug-likeness (QED) is 0.794. The van der Waals surface area contributed by atoms with Crippen molar-refractivity contribution in [2.24, 2.45) is 0 Å². The number of benzene rings is 2. The maximum atomic E-state index is 12.0. The van der Waals surface area contributed by atoms with Crippen LogP contribution >= 0.6 is 0 Å². The largest absolute Gasteiger partial charge is 0.484 e. The number of carbonyl (C=O) groups is 2. The summed E-state index contributed by atoms with van der Waals surface area (Å²) < 4.78 is 10.3. The smallest absolute Gasteiger partial charge is 0.338 e. The van der Waals surface area contributed by atoms with Gasteiger partial charge in [-0.05, 0) is 43.7 Å². The van der Waals surface area contributed by atoms with Crippen molar-refractivity contribution in [3.05, 3.63) is 65.7 Å². The van der Waals surface area contributed by atoms with Gasteiger partial charge in [0, 0.05) is 0 Å². The molecule has 24 heavy (non-hydrogen) atoms. The van der Waals surface area contributed by atoms with Gasteiger partial charge in [-0.2, -0.15) is 0 Å². The van der Waals surface area contributed by atoms with Crippen LogP contribution in [-0.2, 0) is 9.53 Å². The van der Waals surface area contributed by atoms with Gasteiger partial charge in [-0.25, -0.2) is 4.79 Å². The highest BCUT2D eigenvalue weighted by Crippen LogP contribution is 2.14. The second kappa shape index (κ2) is 8.72. The number of nitrogens with one attached hydrogen (secondary N) is 1. The minimum atomic E-state index is -0.376. The summed E-state index contributed by atoms with van der Waals surface area (Å²) in [5, 5.41) is 2.87. The van der Waals surface area contributed by atoms with Gasteiger partial charge in [0.15, 0.2) is 6.61 Å². The molecule has 5 heteroatoms. The zero-order chi connectivity index (χ0) is 17.4. The van der Waals surface area contributed by atoms with Gasteiger partial charge in [0.1, 0.15) is 5.75 Å². The average Bonchev–Trinajstić information content (AvgIpc) is 2.61. The summed E-state index contributed by atoms with van der Waals surface area (Å²) in [6, 6.07) is 16.1. The Labute approximate surface area is 141 Å². The third-order valence-electron chi connectivity index (χ3n) is 3.41. The van der Waals surface area contributed by atoms with Crippen molar-refractivity contribution in [1.29, 1.82) is 0 Å². The summed E-state index contributed by atoms with van der Waals surface area (Å²) in [6.07, 6.45) is 0. The highest BCUT2D eigenvalue weighted by atomic mass is 16.5. The number of carbonyl (C=O) groups excluding carboxylic acids is 2. The van der Waals surface area contributed by atoms with Crippen LogP contribution in [0, 0.1) is 0 Å². The fourth-order valence-electron chi connectivity index (χ4n) is 2.16. The predicted molar refractivity (Wildman–Crippen MR) is 90.9 cm³/mol. The summed E-state index contributed by atoms with van der Waals surface area (Å²) in [5.74, 6) is -0.0649. The van der Waals surface area contributed by atoms with Crippen LogP contribution in [0.15, 0.2) is 54.6 Å². The molecule has 2 aromatic carbocycles. The van der Waals surface area contributed by atoms with Gasteiger partial charge >= 0.3 is 5.97 Å². The normalized spacial score (nSPS) is 11.4. The van der Waals surface area contributed by atoms with E-state index in [9.17, 15) is 9.59 Å². The average molecular weight is 327 g/mol. The van der Waals surface area contributed by atoms with Crippen molar-refractivity contribution in [3.8, 4) is 5.75 Å². The molecule has 0 fully saturated rings. The van der Waals surface area contributed by atoms with E-state index in [-0.39, 0.29) is 24.5 Å². The van der Waals surface area contributed by atoms with Crippen molar-refractivity contribution in [3.63, 3.8) is 0 Å². The topological polar surface area (TPSA) is 64.6 Å². The molecule has 0 radical (unpaired) electrons. The third kappa shape index (κ3) is 5.12. The van der Waals surface area contributed by atoms with Gasteiger partial charge in [-0.1, -0.05) is 30.3 Å². The summed E-state index contributed by atoms with van der Waals surface area (Å²) in [4.78, 5) is 23.5. The first kappa shape index (κ1) is 17.5. The second-order valence-corrected chi connectivity index (χ2v) is 5.23. The zero-order valence-corrected chi connectivity index (χ0v) is 13.8. The van der Waals surface area contributed by atoms with E-state index in [0.717, 1.165) is 5.56 Å². The maximum absolute atomic E-state index is 12.0. The first-order valence-electron chi connectivity index (χ1n) is 7.84. The SMILES string of the molecule is CCOC(=O)c1ccc(OCC(=O)N[C@@H](C)c2ccccc2)cc1. The van der Waals surface area contributed by atoms with E-state index in [4.69, 9.17) is 9.47 Å². The molecular formula is C19H21NO4. The molecule has 0 saturated heterocycles. The lowest BCUT2D eigenvalue weighted by atomic mass is 10.1. The Morgan fingerprint density at radius 1 is 1.04 bits per heavy atom. The van der Waals surface area contributed by atoms with Crippen LogP contribution in [0.1, 0.15) is 35.8 Å². The molecule has 2 rings (SSSR count). The minimum absolute atomic E-state index is 0.0874. The van der Waals surface area contributed by atoms with E-state index in [1.165, 1.54) is 0 Å². The van der Waals surface area contributed by atoms with Gasteiger partial charge in [0.05, 0.1) is 18.2 Å². The first-order chi connectivity index (χ1) is 11.6. The van der Waals surface area contributed by atoms with Crippen molar-refractivity contribution >= 4 is 11.9 Å². The molecule has 1 N–H and O–H groups in total. The number of hydrogen-bond acceptors (Lipinski definition) is 4. The van der Waals surface area contributed by atoms with Crippen LogP contribution in [0.4, 0.5) is 0 Å². The van der Waals surface area contributed by atoms with Crippen molar-refractivity contribution < 1.29 is 19.1 Å². The molecule has 5 nitrogen and oxygen atoms in total. The van der Waals surface area contributed by atoms with Gasteiger partial charge in [0.25, 0.3) is 5.91 Å². The summed E-state index contributed by atoms with van der Waals surface area (Å²) in [6.45, 7) is 3.92. The van der Waals surface area contributed by atoms with Gasteiger partial charge in [-0.15, -0.1) is 0 Å². The molecule has 0 bridgehead atoms. The minimum Gasteiger partial charge on any atom is -0.484 e. The monoisotopic (exact) mass is 327 g/mol. The molecule has 0 aromatic heterocycles. The number of amides is 1. The van der Waals surface area contributed by atoms with Crippen LogP contribution in [0.5, 0.6) is 5.75 Å². The summed E-state index contributed by atoms with van der Waals surface area (Å²) >= 11 is 0. The summed E-state index contributed by atoms with van der Waals surface area (Å²) in [5.41, 5.74) is 1.48. The lowest BCUT2D eigenvalue weighted by Gasteiger charge is -2.14. The second-order valence-electron chi connectivity index (χ2n) is 5.23. The summed E-state index contributed by atoms with van der Waals surface area (Å²) in [7, 11) is 0. The molecule has 1 amide bonds. The number of esters is 1. The fourth-order valence-corrected chi connectivity index (χ4v) is 2.16. The Hall–Kier alpha value is -2.82. The third-order valence-corrected chi connectivity index (χ3v) is 3.41. The Bertz CT molecular complexity index is 668. The van der Waals surface area contributed by atoms with E-state index in [0.29, 0.717) is 17.9 Å². The Morgan fingerprint density at radius 2 is 1.71 bits per heavy atom. The van der Waals surface area contributed by atoms with E-state index < -0.39 is 0 Å². The van der Waals surface area contributed by atoms with E-state index in [2.05, 4.69) is 5.32 Å². The van der Waals surface area contributed by atoms with Gasteiger partial charge < -0.3 is 14.8 Å². The van der Waals surface area contributed by atoms with Crippen LogP contribution in [0.3, 0.4) is 0 Å². The molecule has 0 aliphatic carbocycles. The molecule has 0 heterocycles. The number of rotatable bonds is 7. The zero-order valence-electron chi connectivity index (χ0n) is 13.8. The Morgan fingerprint density at radius 3 is 2.33 bits per heavy atom. The molecule has 0 unspecified atom stereocenters. The van der Waals surface area contributed by atoms with E-state index in [1.54, 1.807) is 31.2 Å². The Kier molecular flexibility index (Phi) is 6.37. The van der Waals surface area contributed by atoms with Crippen LogP contribution in [0.25, 0.3) is 0 Å². The number of hydrogen-bond donors (Lipinski definition) is 1. The molecule has 0 spiro atoms. The first-order valence-corrected chi connectivity index (χ1v) is 7.84. The molecule has 2 aromatic rings. The van der Waals surface area contributed by atoms with Gasteiger partial charge in [-0.3, -0.25) is 4.79 Å². The molecule has 1 atom stereocenters. The van der Waals surface area contributed by atoms with Crippen LogP contribution in [0.2, 0.25) is 0 Å². The van der Waals surface area contributed by atoms with Crippen molar-refractivity contribution in [2.45, 2.75) is 19.9 Å². The molecule has 0 aliphatic heterocycles. The maximum Gasteiger partial charge on any atom is 0.338 e. The standard InChI is InChI=1S/C19H21NO4/c1-3-23-19(22)16-9-11-17(12-10-16)24-13-18(21)20-14(2)15-7-5-4-6-8-15/h4-12,14H,3,13H2,1-2H3,(H,20,21)/t14-/m0/s1. The highest BCUT2D eigenvalue weighted by molar-refractivity contribution is 5.89.